The third kappa shape index (κ3) is 3.04. The minimum atomic E-state index is -0.556. The van der Waals surface area contributed by atoms with E-state index in [-0.39, 0.29) is 0 Å². The molecule has 0 radical (unpaired) electrons. The van der Waals surface area contributed by atoms with Gasteiger partial charge in [0, 0.05) is 17.4 Å². The first-order valence-electron chi connectivity index (χ1n) is 6.34. The van der Waals surface area contributed by atoms with Gasteiger partial charge in [-0.05, 0) is 37.5 Å². The molecule has 4 nitrogen and oxygen atoms in total. The molecule has 0 saturated heterocycles. The number of hydrogen-bond acceptors (Lipinski definition) is 3. The molecule has 1 aromatic heterocycles. The summed E-state index contributed by atoms with van der Waals surface area (Å²) < 4.78 is 2.90. The van der Waals surface area contributed by atoms with Crippen LogP contribution in [0.15, 0.2) is 22.9 Å². The van der Waals surface area contributed by atoms with Crippen LogP contribution in [0.2, 0.25) is 0 Å². The van der Waals surface area contributed by atoms with Crippen molar-refractivity contribution in [2.75, 3.05) is 0 Å². The molecule has 0 bridgehead atoms. The van der Waals surface area contributed by atoms with Crippen molar-refractivity contribution in [3.05, 3.63) is 45.4 Å². The van der Waals surface area contributed by atoms with Crippen LogP contribution >= 0.6 is 15.9 Å². The van der Waals surface area contributed by atoms with Gasteiger partial charge in [-0.2, -0.15) is 5.10 Å². The van der Waals surface area contributed by atoms with Crippen LogP contribution in [-0.4, -0.2) is 19.9 Å². The van der Waals surface area contributed by atoms with Gasteiger partial charge < -0.3 is 5.11 Å². The van der Waals surface area contributed by atoms with Gasteiger partial charge in [0.1, 0.15) is 12.2 Å². The number of aromatic nitrogens is 3. The lowest BCUT2D eigenvalue weighted by atomic mass is 10.0. The smallest absolute Gasteiger partial charge is 0.138 e. The predicted molar refractivity (Wildman–Crippen MR) is 78.0 cm³/mol. The molecule has 0 saturated carbocycles. The molecule has 1 N–H and O–H groups in total. The van der Waals surface area contributed by atoms with E-state index in [0.717, 1.165) is 33.5 Å². The van der Waals surface area contributed by atoms with E-state index in [1.54, 1.807) is 0 Å². The van der Waals surface area contributed by atoms with Gasteiger partial charge >= 0.3 is 0 Å². The van der Waals surface area contributed by atoms with Crippen molar-refractivity contribution in [3.63, 3.8) is 0 Å². The lowest BCUT2D eigenvalue weighted by Crippen LogP contribution is -2.10. The zero-order chi connectivity index (χ0) is 14.0. The standard InChI is InChI=1S/C14H18BrN3O/c1-4-18-13(16-8-17-18)7-12(19)11-5-9(2)14(15)10(3)6-11/h5-6,8,12,19H,4,7H2,1-3H3. The van der Waals surface area contributed by atoms with Gasteiger partial charge in [0.15, 0.2) is 0 Å². The van der Waals surface area contributed by atoms with E-state index in [0.29, 0.717) is 6.42 Å². The number of aliphatic hydroxyl groups is 1. The number of aryl methyl sites for hydroxylation is 3. The van der Waals surface area contributed by atoms with E-state index in [1.165, 1.54) is 6.33 Å². The molecule has 2 aromatic rings. The minimum absolute atomic E-state index is 0.481. The normalized spacial score (nSPS) is 12.7. The molecule has 102 valence electrons. The van der Waals surface area contributed by atoms with Crippen molar-refractivity contribution < 1.29 is 5.11 Å². The lowest BCUT2D eigenvalue weighted by Gasteiger charge is -2.14. The maximum atomic E-state index is 10.4. The quantitative estimate of drug-likeness (QED) is 0.941. The van der Waals surface area contributed by atoms with Crippen molar-refractivity contribution in [2.45, 2.75) is 39.8 Å². The van der Waals surface area contributed by atoms with Crippen LogP contribution in [0.4, 0.5) is 0 Å². The van der Waals surface area contributed by atoms with E-state index in [1.807, 2.05) is 37.6 Å². The Hall–Kier alpha value is -1.20. The fourth-order valence-corrected chi connectivity index (χ4v) is 2.40. The SMILES string of the molecule is CCn1ncnc1CC(O)c1cc(C)c(Br)c(C)c1. The molecule has 2 rings (SSSR count). The van der Waals surface area contributed by atoms with E-state index in [2.05, 4.69) is 26.0 Å². The Balaban J connectivity index is 2.23. The summed E-state index contributed by atoms with van der Waals surface area (Å²) in [6, 6.07) is 4.02. The van der Waals surface area contributed by atoms with Crippen LogP contribution in [0.25, 0.3) is 0 Å². The van der Waals surface area contributed by atoms with E-state index in [9.17, 15) is 5.11 Å². The van der Waals surface area contributed by atoms with Gasteiger partial charge in [-0.3, -0.25) is 4.68 Å². The van der Waals surface area contributed by atoms with Crippen molar-refractivity contribution in [3.8, 4) is 0 Å². The molecule has 1 unspecified atom stereocenters. The summed E-state index contributed by atoms with van der Waals surface area (Å²) in [4.78, 5) is 4.20. The number of aliphatic hydroxyl groups excluding tert-OH is 1. The van der Waals surface area contributed by atoms with Gasteiger partial charge in [0.2, 0.25) is 0 Å². The van der Waals surface area contributed by atoms with Crippen LogP contribution in [-0.2, 0) is 13.0 Å². The Morgan fingerprint density at radius 3 is 2.53 bits per heavy atom. The van der Waals surface area contributed by atoms with Crippen molar-refractivity contribution in [2.24, 2.45) is 0 Å². The van der Waals surface area contributed by atoms with E-state index >= 15 is 0 Å². The summed E-state index contributed by atoms with van der Waals surface area (Å²) in [5.41, 5.74) is 3.18. The number of halogens is 1. The molecule has 1 heterocycles. The molecule has 1 atom stereocenters. The second-order valence-electron chi connectivity index (χ2n) is 4.68. The van der Waals surface area contributed by atoms with E-state index < -0.39 is 6.10 Å². The third-order valence-electron chi connectivity index (χ3n) is 3.21. The van der Waals surface area contributed by atoms with Gasteiger partial charge in [0.05, 0.1) is 6.10 Å². The van der Waals surface area contributed by atoms with Crippen LogP contribution < -0.4 is 0 Å². The summed E-state index contributed by atoms with van der Waals surface area (Å²) in [7, 11) is 0. The summed E-state index contributed by atoms with van der Waals surface area (Å²) >= 11 is 3.54. The maximum absolute atomic E-state index is 10.4. The first-order chi connectivity index (χ1) is 9.02. The lowest BCUT2D eigenvalue weighted by molar-refractivity contribution is 0.174. The first kappa shape index (κ1) is 14.2. The van der Waals surface area contributed by atoms with Crippen LogP contribution in [0.3, 0.4) is 0 Å². The molecule has 0 amide bonds. The van der Waals surface area contributed by atoms with Crippen LogP contribution in [0.1, 0.15) is 35.5 Å². The molecule has 5 heteroatoms. The second kappa shape index (κ2) is 5.84. The monoisotopic (exact) mass is 323 g/mol. The van der Waals surface area contributed by atoms with Crippen LogP contribution in [0.5, 0.6) is 0 Å². The van der Waals surface area contributed by atoms with Crippen LogP contribution in [0, 0.1) is 13.8 Å². The zero-order valence-corrected chi connectivity index (χ0v) is 13.0. The average Bonchev–Trinajstić information content (AvgIpc) is 2.82. The second-order valence-corrected chi connectivity index (χ2v) is 5.47. The highest BCUT2D eigenvalue weighted by Gasteiger charge is 2.14. The topological polar surface area (TPSA) is 50.9 Å². The highest BCUT2D eigenvalue weighted by atomic mass is 79.9. The Kier molecular flexibility index (Phi) is 4.37. The fourth-order valence-electron chi connectivity index (χ4n) is 2.17. The van der Waals surface area contributed by atoms with Gasteiger partial charge in [-0.15, -0.1) is 0 Å². The molecule has 0 spiro atoms. The summed E-state index contributed by atoms with van der Waals surface area (Å²) in [5, 5.41) is 14.5. The third-order valence-corrected chi connectivity index (χ3v) is 4.47. The highest BCUT2D eigenvalue weighted by molar-refractivity contribution is 9.10. The Bertz CT molecular complexity index is 557. The maximum Gasteiger partial charge on any atom is 0.138 e. The minimum Gasteiger partial charge on any atom is -0.388 e. The van der Waals surface area contributed by atoms with Crippen molar-refractivity contribution >= 4 is 15.9 Å². The van der Waals surface area contributed by atoms with Crippen molar-refractivity contribution in [1.29, 1.82) is 0 Å². The van der Waals surface area contributed by atoms with Gasteiger partial charge in [0.25, 0.3) is 0 Å². The predicted octanol–water partition coefficient (Wildman–Crippen LogP) is 2.95. The Labute approximate surface area is 121 Å². The molecular formula is C14H18BrN3O. The Morgan fingerprint density at radius 1 is 1.32 bits per heavy atom. The van der Waals surface area contributed by atoms with Gasteiger partial charge in [-0.1, -0.05) is 28.1 Å². The Morgan fingerprint density at radius 2 is 1.95 bits per heavy atom. The molecule has 0 fully saturated rings. The fraction of sp³-hybridized carbons (Fsp3) is 0.429. The molecule has 19 heavy (non-hydrogen) atoms. The molecule has 1 aromatic carbocycles. The first-order valence-corrected chi connectivity index (χ1v) is 7.13. The molecular weight excluding hydrogens is 306 g/mol. The molecule has 0 aliphatic heterocycles. The number of nitrogens with zero attached hydrogens (tertiary/aromatic N) is 3. The summed E-state index contributed by atoms with van der Waals surface area (Å²) in [6.07, 6.45) is 1.46. The zero-order valence-electron chi connectivity index (χ0n) is 11.4. The highest BCUT2D eigenvalue weighted by Crippen LogP contribution is 2.26. The molecule has 0 aliphatic carbocycles. The summed E-state index contributed by atoms with van der Waals surface area (Å²) in [5.74, 6) is 0.813. The molecule has 0 aliphatic rings. The number of benzene rings is 1. The van der Waals surface area contributed by atoms with E-state index in [4.69, 9.17) is 0 Å². The van der Waals surface area contributed by atoms with Crippen molar-refractivity contribution in [1.82, 2.24) is 14.8 Å². The van der Waals surface area contributed by atoms with Gasteiger partial charge in [-0.25, -0.2) is 4.98 Å². The number of rotatable bonds is 4. The average molecular weight is 324 g/mol. The number of hydrogen-bond donors (Lipinski definition) is 1. The summed E-state index contributed by atoms with van der Waals surface area (Å²) in [6.45, 7) is 6.84. The largest absolute Gasteiger partial charge is 0.388 e.